The van der Waals surface area contributed by atoms with Crippen LogP contribution in [0.2, 0.25) is 0 Å². The number of carbonyl (C=O) groups excluding carboxylic acids is 1. The summed E-state index contributed by atoms with van der Waals surface area (Å²) in [5, 5.41) is 11.4. The molecular weight excluding hydrogens is 380 g/mol. The summed E-state index contributed by atoms with van der Waals surface area (Å²) in [6, 6.07) is 6.55. The van der Waals surface area contributed by atoms with Crippen molar-refractivity contribution in [3.05, 3.63) is 71.2 Å². The molecule has 1 aliphatic rings. The summed E-state index contributed by atoms with van der Waals surface area (Å²) in [7, 11) is 0. The van der Waals surface area contributed by atoms with Crippen molar-refractivity contribution in [2.45, 2.75) is 32.5 Å². The molecule has 0 fully saturated rings. The summed E-state index contributed by atoms with van der Waals surface area (Å²) in [6.45, 7) is 4.19. The van der Waals surface area contributed by atoms with Crippen LogP contribution in [-0.4, -0.2) is 38.7 Å². The molecule has 1 amide bonds. The van der Waals surface area contributed by atoms with E-state index in [0.717, 1.165) is 11.9 Å². The summed E-state index contributed by atoms with van der Waals surface area (Å²) < 4.78 is 34.2. The van der Waals surface area contributed by atoms with Crippen LogP contribution in [-0.2, 0) is 19.5 Å². The molecular formula is C20H21F2N5O2. The van der Waals surface area contributed by atoms with E-state index in [2.05, 4.69) is 20.4 Å². The number of rotatable bonds is 5. The Bertz CT molecular complexity index is 1000. The van der Waals surface area contributed by atoms with Gasteiger partial charge in [-0.25, -0.2) is 8.78 Å². The number of amides is 1. The van der Waals surface area contributed by atoms with Crippen LogP contribution in [0, 0.1) is 11.6 Å². The molecule has 29 heavy (non-hydrogen) atoms. The highest BCUT2D eigenvalue weighted by Crippen LogP contribution is 2.18. The van der Waals surface area contributed by atoms with Crippen molar-refractivity contribution >= 4 is 5.91 Å². The molecule has 1 atom stereocenters. The lowest BCUT2D eigenvalue weighted by molar-refractivity contribution is 0.0909. The molecule has 0 unspecified atom stereocenters. The van der Waals surface area contributed by atoms with Gasteiger partial charge in [0.2, 0.25) is 0 Å². The first kappa shape index (κ1) is 19.3. The minimum atomic E-state index is -0.580. The molecule has 152 valence electrons. The molecule has 0 spiro atoms. The highest BCUT2D eigenvalue weighted by atomic mass is 19.1. The van der Waals surface area contributed by atoms with Gasteiger partial charge in [0.1, 0.15) is 17.5 Å². The van der Waals surface area contributed by atoms with Crippen LogP contribution < -0.4 is 5.32 Å². The number of hydrogen-bond acceptors (Lipinski definition) is 5. The standard InChI is InChI=1S/C20H21F2N5O2/c1-13(23-20(28)17-3-2-10-29-17)19-25-24-18-6-7-26(8-9-27(18)19)12-14-4-5-15(21)11-16(14)22/h2-5,10-11,13H,6-9,12H2,1H3,(H,23,28)/t13-/m1/s1. The summed E-state index contributed by atoms with van der Waals surface area (Å²) in [5.41, 5.74) is 0.461. The molecule has 0 saturated heterocycles. The van der Waals surface area contributed by atoms with Gasteiger partial charge in [-0.05, 0) is 25.1 Å². The number of benzene rings is 1. The normalized spacial score (nSPS) is 15.6. The number of hydrogen-bond donors (Lipinski definition) is 1. The first-order chi connectivity index (χ1) is 14.0. The molecule has 2 aromatic heterocycles. The van der Waals surface area contributed by atoms with E-state index in [-0.39, 0.29) is 17.7 Å². The third-order valence-electron chi connectivity index (χ3n) is 5.04. The fraction of sp³-hybridized carbons (Fsp3) is 0.350. The largest absolute Gasteiger partial charge is 0.459 e. The fourth-order valence-electron chi connectivity index (χ4n) is 3.50. The van der Waals surface area contributed by atoms with Crippen LogP contribution in [0.25, 0.3) is 0 Å². The van der Waals surface area contributed by atoms with Gasteiger partial charge < -0.3 is 14.3 Å². The maximum atomic E-state index is 14.0. The number of nitrogens with zero attached hydrogens (tertiary/aromatic N) is 4. The molecule has 3 aromatic rings. The van der Waals surface area contributed by atoms with E-state index >= 15 is 0 Å². The number of fused-ring (bicyclic) bond motifs is 1. The van der Waals surface area contributed by atoms with Crippen molar-refractivity contribution in [2.75, 3.05) is 13.1 Å². The first-order valence-electron chi connectivity index (χ1n) is 9.44. The van der Waals surface area contributed by atoms with Crippen molar-refractivity contribution in [3.63, 3.8) is 0 Å². The third-order valence-corrected chi connectivity index (χ3v) is 5.04. The van der Waals surface area contributed by atoms with Gasteiger partial charge >= 0.3 is 0 Å². The highest BCUT2D eigenvalue weighted by Gasteiger charge is 2.24. The summed E-state index contributed by atoms with van der Waals surface area (Å²) >= 11 is 0. The zero-order chi connectivity index (χ0) is 20.4. The second kappa shape index (κ2) is 8.12. The zero-order valence-corrected chi connectivity index (χ0v) is 15.9. The molecule has 1 N–H and O–H groups in total. The summed E-state index contributed by atoms with van der Waals surface area (Å²) in [4.78, 5) is 14.3. The summed E-state index contributed by atoms with van der Waals surface area (Å²) in [5.74, 6) is 0.282. The van der Waals surface area contributed by atoms with Crippen molar-refractivity contribution in [3.8, 4) is 0 Å². The molecule has 0 bridgehead atoms. The van der Waals surface area contributed by atoms with Gasteiger partial charge in [-0.1, -0.05) is 6.07 Å². The predicted molar refractivity (Wildman–Crippen MR) is 100.0 cm³/mol. The smallest absolute Gasteiger partial charge is 0.287 e. The van der Waals surface area contributed by atoms with Crippen molar-refractivity contribution < 1.29 is 18.0 Å². The SMILES string of the molecule is C[C@@H](NC(=O)c1ccco1)c1nnc2n1CCN(Cc1ccc(F)cc1F)CC2. The predicted octanol–water partition coefficient (Wildman–Crippen LogP) is 2.70. The molecule has 7 nitrogen and oxygen atoms in total. The fourth-order valence-corrected chi connectivity index (χ4v) is 3.50. The second-order valence-electron chi connectivity index (χ2n) is 7.06. The van der Waals surface area contributed by atoms with E-state index in [4.69, 9.17) is 4.42 Å². The van der Waals surface area contributed by atoms with Gasteiger partial charge in [0, 0.05) is 44.2 Å². The van der Waals surface area contributed by atoms with Crippen LogP contribution in [0.3, 0.4) is 0 Å². The van der Waals surface area contributed by atoms with Gasteiger partial charge in [0.05, 0.1) is 12.3 Å². The highest BCUT2D eigenvalue weighted by molar-refractivity contribution is 5.91. The molecule has 9 heteroatoms. The van der Waals surface area contributed by atoms with Gasteiger partial charge in [-0.3, -0.25) is 9.69 Å². The van der Waals surface area contributed by atoms with Gasteiger partial charge in [0.25, 0.3) is 5.91 Å². The Morgan fingerprint density at radius 3 is 2.86 bits per heavy atom. The molecule has 0 aliphatic carbocycles. The Morgan fingerprint density at radius 1 is 1.24 bits per heavy atom. The Balaban J connectivity index is 1.43. The molecule has 1 aliphatic heterocycles. The average Bonchev–Trinajstić information content (AvgIpc) is 3.32. The zero-order valence-electron chi connectivity index (χ0n) is 15.9. The molecule has 1 aromatic carbocycles. The van der Waals surface area contributed by atoms with Crippen molar-refractivity contribution in [1.82, 2.24) is 25.0 Å². The quantitative estimate of drug-likeness (QED) is 0.712. The van der Waals surface area contributed by atoms with E-state index in [0.29, 0.717) is 44.0 Å². The Kier molecular flexibility index (Phi) is 5.39. The molecule has 3 heterocycles. The van der Waals surface area contributed by atoms with Crippen LogP contribution in [0.5, 0.6) is 0 Å². The van der Waals surface area contributed by atoms with Gasteiger partial charge in [-0.2, -0.15) is 0 Å². The molecule has 0 radical (unpaired) electrons. The van der Waals surface area contributed by atoms with Crippen molar-refractivity contribution in [1.29, 1.82) is 0 Å². The van der Waals surface area contributed by atoms with Gasteiger partial charge in [-0.15, -0.1) is 10.2 Å². The summed E-state index contributed by atoms with van der Waals surface area (Å²) in [6.07, 6.45) is 2.09. The molecule has 4 rings (SSSR count). The minimum Gasteiger partial charge on any atom is -0.459 e. The van der Waals surface area contributed by atoms with Crippen LogP contribution in [0.1, 0.15) is 40.7 Å². The van der Waals surface area contributed by atoms with E-state index in [1.54, 1.807) is 12.1 Å². The lowest BCUT2D eigenvalue weighted by Gasteiger charge is -2.20. The molecule has 0 saturated carbocycles. The van der Waals surface area contributed by atoms with E-state index in [1.165, 1.54) is 18.4 Å². The lowest BCUT2D eigenvalue weighted by atomic mass is 10.2. The first-order valence-corrected chi connectivity index (χ1v) is 9.44. The lowest BCUT2D eigenvalue weighted by Crippen LogP contribution is -2.30. The maximum Gasteiger partial charge on any atom is 0.287 e. The third kappa shape index (κ3) is 4.19. The topological polar surface area (TPSA) is 76.2 Å². The number of halogens is 2. The Morgan fingerprint density at radius 2 is 2.10 bits per heavy atom. The minimum absolute atomic E-state index is 0.236. The number of aromatic nitrogens is 3. The van der Waals surface area contributed by atoms with E-state index in [1.807, 2.05) is 11.5 Å². The monoisotopic (exact) mass is 401 g/mol. The maximum absolute atomic E-state index is 14.0. The second-order valence-corrected chi connectivity index (χ2v) is 7.06. The van der Waals surface area contributed by atoms with Crippen LogP contribution >= 0.6 is 0 Å². The van der Waals surface area contributed by atoms with E-state index in [9.17, 15) is 13.6 Å². The Labute approximate surface area is 166 Å². The van der Waals surface area contributed by atoms with Crippen molar-refractivity contribution in [2.24, 2.45) is 0 Å². The number of nitrogens with one attached hydrogen (secondary N) is 1. The number of carbonyl (C=O) groups is 1. The number of furan rings is 1. The average molecular weight is 401 g/mol. The van der Waals surface area contributed by atoms with Crippen LogP contribution in [0.15, 0.2) is 41.0 Å². The van der Waals surface area contributed by atoms with E-state index < -0.39 is 11.6 Å². The van der Waals surface area contributed by atoms with Gasteiger partial charge in [0.15, 0.2) is 11.6 Å². The van der Waals surface area contributed by atoms with Crippen LogP contribution in [0.4, 0.5) is 8.78 Å². The Hall–Kier alpha value is -3.07.